The van der Waals surface area contributed by atoms with E-state index >= 15 is 0 Å². The summed E-state index contributed by atoms with van der Waals surface area (Å²) in [6.45, 7) is 11.2. The third-order valence-corrected chi connectivity index (χ3v) is 3.84. The number of hydrogen-bond acceptors (Lipinski definition) is 4. The van der Waals surface area contributed by atoms with E-state index in [2.05, 4.69) is 46.8 Å². The first-order chi connectivity index (χ1) is 11.4. The maximum Gasteiger partial charge on any atom is 0.276 e. The number of rotatable bonds is 6. The Morgan fingerprint density at radius 2 is 1.75 bits per heavy atom. The van der Waals surface area contributed by atoms with Gasteiger partial charge in [-0.15, -0.1) is 10.2 Å². The number of carbonyl (C=O) groups excluding carboxylic acids is 1. The van der Waals surface area contributed by atoms with Gasteiger partial charge in [0, 0.05) is 12.2 Å². The fraction of sp³-hybridized carbons (Fsp3) is 0.421. The van der Waals surface area contributed by atoms with Gasteiger partial charge in [0.05, 0.1) is 0 Å². The number of nitrogens with one attached hydrogen (secondary N) is 2. The Kier molecular flexibility index (Phi) is 5.90. The van der Waals surface area contributed by atoms with Gasteiger partial charge >= 0.3 is 0 Å². The molecule has 2 N–H and O–H groups in total. The molecule has 0 unspecified atom stereocenters. The van der Waals surface area contributed by atoms with Crippen LogP contribution in [0.5, 0.6) is 0 Å². The number of aryl methyl sites for hydroxylation is 3. The zero-order chi connectivity index (χ0) is 17.7. The summed E-state index contributed by atoms with van der Waals surface area (Å²) in [7, 11) is 0. The molecule has 1 amide bonds. The lowest BCUT2D eigenvalue weighted by molar-refractivity contribution is 0.102. The van der Waals surface area contributed by atoms with Crippen molar-refractivity contribution < 1.29 is 4.79 Å². The average molecular weight is 326 g/mol. The fourth-order valence-electron chi connectivity index (χ4n) is 2.59. The number of benzene rings is 1. The van der Waals surface area contributed by atoms with Gasteiger partial charge in [-0.3, -0.25) is 4.79 Å². The summed E-state index contributed by atoms with van der Waals surface area (Å²) < 4.78 is 0. The number of amides is 1. The molecule has 1 aromatic heterocycles. The molecular formula is C19H26N4O. The van der Waals surface area contributed by atoms with Crippen LogP contribution in [-0.2, 0) is 0 Å². The second-order valence-electron chi connectivity index (χ2n) is 6.64. The first kappa shape index (κ1) is 17.9. The Morgan fingerprint density at radius 3 is 2.29 bits per heavy atom. The van der Waals surface area contributed by atoms with Crippen LogP contribution in [0.25, 0.3) is 0 Å². The minimum Gasteiger partial charge on any atom is -0.369 e. The predicted octanol–water partition coefficient (Wildman–Crippen LogP) is 4.11. The van der Waals surface area contributed by atoms with Crippen molar-refractivity contribution in [2.75, 3.05) is 17.2 Å². The van der Waals surface area contributed by atoms with Crippen molar-refractivity contribution >= 4 is 17.4 Å². The number of nitrogens with zero attached hydrogens (tertiary/aromatic N) is 2. The van der Waals surface area contributed by atoms with Crippen LogP contribution in [0.4, 0.5) is 11.5 Å². The Hall–Kier alpha value is -2.43. The van der Waals surface area contributed by atoms with Crippen LogP contribution in [0.15, 0.2) is 24.3 Å². The highest BCUT2D eigenvalue weighted by atomic mass is 16.1. The monoisotopic (exact) mass is 326 g/mol. The number of aromatic nitrogens is 2. The van der Waals surface area contributed by atoms with Gasteiger partial charge in [-0.1, -0.05) is 31.5 Å². The van der Waals surface area contributed by atoms with Crippen molar-refractivity contribution in [3.63, 3.8) is 0 Å². The van der Waals surface area contributed by atoms with E-state index in [1.165, 1.54) is 5.56 Å². The maximum atomic E-state index is 12.4. The van der Waals surface area contributed by atoms with Crippen LogP contribution in [0.2, 0.25) is 0 Å². The van der Waals surface area contributed by atoms with Gasteiger partial charge in [0.1, 0.15) is 5.82 Å². The maximum absolute atomic E-state index is 12.4. The molecule has 24 heavy (non-hydrogen) atoms. The normalized spacial score (nSPS) is 10.8. The van der Waals surface area contributed by atoms with E-state index < -0.39 is 0 Å². The lowest BCUT2D eigenvalue weighted by Gasteiger charge is -2.12. The second-order valence-corrected chi connectivity index (χ2v) is 6.64. The van der Waals surface area contributed by atoms with Gasteiger partial charge in [-0.2, -0.15) is 0 Å². The van der Waals surface area contributed by atoms with Crippen molar-refractivity contribution in [1.29, 1.82) is 0 Å². The van der Waals surface area contributed by atoms with Crippen molar-refractivity contribution in [2.24, 2.45) is 5.92 Å². The van der Waals surface area contributed by atoms with Gasteiger partial charge in [0.25, 0.3) is 5.91 Å². The molecular weight excluding hydrogens is 300 g/mol. The first-order valence-electron chi connectivity index (χ1n) is 8.33. The van der Waals surface area contributed by atoms with Gasteiger partial charge < -0.3 is 10.6 Å². The summed E-state index contributed by atoms with van der Waals surface area (Å²) in [6.07, 6.45) is 1.07. The fourth-order valence-corrected chi connectivity index (χ4v) is 2.59. The van der Waals surface area contributed by atoms with E-state index in [1.807, 2.05) is 20.8 Å². The van der Waals surface area contributed by atoms with Gasteiger partial charge in [-0.25, -0.2) is 0 Å². The van der Waals surface area contributed by atoms with Crippen LogP contribution in [0.1, 0.15) is 47.4 Å². The molecule has 0 spiro atoms. The van der Waals surface area contributed by atoms with Gasteiger partial charge in [-0.05, 0) is 56.4 Å². The van der Waals surface area contributed by atoms with Crippen LogP contribution in [0, 0.1) is 26.7 Å². The lowest BCUT2D eigenvalue weighted by Crippen LogP contribution is -2.16. The number of hydrogen-bond donors (Lipinski definition) is 2. The zero-order valence-corrected chi connectivity index (χ0v) is 15.1. The Balaban J connectivity index is 2.03. The predicted molar refractivity (Wildman–Crippen MR) is 98.6 cm³/mol. The van der Waals surface area contributed by atoms with Crippen molar-refractivity contribution in [3.05, 3.63) is 46.6 Å². The highest BCUT2D eigenvalue weighted by Crippen LogP contribution is 2.22. The van der Waals surface area contributed by atoms with E-state index in [9.17, 15) is 4.79 Å². The smallest absolute Gasteiger partial charge is 0.276 e. The third-order valence-electron chi connectivity index (χ3n) is 3.84. The second kappa shape index (κ2) is 7.90. The molecule has 0 atom stereocenters. The molecule has 5 nitrogen and oxygen atoms in total. The minimum absolute atomic E-state index is 0.244. The van der Waals surface area contributed by atoms with Gasteiger partial charge in [0.15, 0.2) is 5.69 Å². The number of anilines is 2. The quantitative estimate of drug-likeness (QED) is 0.838. The van der Waals surface area contributed by atoms with E-state index in [1.54, 1.807) is 12.1 Å². The van der Waals surface area contributed by atoms with Crippen LogP contribution in [0.3, 0.4) is 0 Å². The molecule has 128 valence electrons. The Labute approximate surface area is 143 Å². The van der Waals surface area contributed by atoms with Crippen molar-refractivity contribution in [2.45, 2.75) is 41.0 Å². The van der Waals surface area contributed by atoms with Crippen LogP contribution >= 0.6 is 0 Å². The summed E-state index contributed by atoms with van der Waals surface area (Å²) >= 11 is 0. The summed E-state index contributed by atoms with van der Waals surface area (Å²) in [4.78, 5) is 12.4. The highest BCUT2D eigenvalue weighted by molar-refractivity contribution is 6.03. The molecule has 0 radical (unpaired) electrons. The summed E-state index contributed by atoms with van der Waals surface area (Å²) in [5.74, 6) is 1.08. The Bertz CT molecular complexity index is 685. The standard InChI is InChI=1S/C19H26N4O/c1-12(2)8-9-20-17-7-6-16(22-23-17)19(24)21-18-14(4)10-13(3)11-15(18)5/h6-7,10-12H,8-9H2,1-5H3,(H,20,23)(H,21,24). The number of carbonyl (C=O) groups is 1. The minimum atomic E-state index is -0.244. The third kappa shape index (κ3) is 4.78. The molecule has 0 aliphatic heterocycles. The highest BCUT2D eigenvalue weighted by Gasteiger charge is 2.12. The molecule has 0 saturated heterocycles. The molecule has 1 aromatic carbocycles. The van der Waals surface area contributed by atoms with E-state index in [-0.39, 0.29) is 5.91 Å². The Morgan fingerprint density at radius 1 is 1.08 bits per heavy atom. The molecule has 0 aliphatic rings. The van der Waals surface area contributed by atoms with Crippen molar-refractivity contribution in [3.8, 4) is 0 Å². The molecule has 1 heterocycles. The van der Waals surface area contributed by atoms with Crippen LogP contribution < -0.4 is 10.6 Å². The molecule has 5 heteroatoms. The van der Waals surface area contributed by atoms with Gasteiger partial charge in [0.2, 0.25) is 0 Å². The van der Waals surface area contributed by atoms with E-state index in [4.69, 9.17) is 0 Å². The molecule has 0 bridgehead atoms. The van der Waals surface area contributed by atoms with Crippen LogP contribution in [-0.4, -0.2) is 22.6 Å². The lowest BCUT2D eigenvalue weighted by atomic mass is 10.1. The molecule has 0 saturated carbocycles. The van der Waals surface area contributed by atoms with E-state index in [0.29, 0.717) is 17.4 Å². The summed E-state index contributed by atoms with van der Waals surface area (Å²) in [6, 6.07) is 7.59. The SMILES string of the molecule is Cc1cc(C)c(NC(=O)c2ccc(NCCC(C)C)nn2)c(C)c1. The summed E-state index contributed by atoms with van der Waals surface area (Å²) in [5, 5.41) is 14.2. The summed E-state index contributed by atoms with van der Waals surface area (Å²) in [5.41, 5.74) is 4.41. The topological polar surface area (TPSA) is 66.9 Å². The first-order valence-corrected chi connectivity index (χ1v) is 8.33. The van der Waals surface area contributed by atoms with E-state index in [0.717, 1.165) is 29.8 Å². The van der Waals surface area contributed by atoms with Crippen molar-refractivity contribution in [1.82, 2.24) is 10.2 Å². The largest absolute Gasteiger partial charge is 0.369 e. The molecule has 2 rings (SSSR count). The molecule has 0 fully saturated rings. The average Bonchev–Trinajstić information content (AvgIpc) is 2.51. The molecule has 2 aromatic rings. The zero-order valence-electron chi connectivity index (χ0n) is 15.1. The molecule has 0 aliphatic carbocycles.